The van der Waals surface area contributed by atoms with Crippen LogP contribution in [0.3, 0.4) is 0 Å². The van der Waals surface area contributed by atoms with E-state index in [1.165, 1.54) is 11.3 Å². The number of hydrogen-bond acceptors (Lipinski definition) is 6. The minimum atomic E-state index is -0.696. The lowest BCUT2D eigenvalue weighted by Gasteiger charge is -2.38. The summed E-state index contributed by atoms with van der Waals surface area (Å²) in [7, 11) is 0. The molecule has 0 spiro atoms. The van der Waals surface area contributed by atoms with Crippen molar-refractivity contribution >= 4 is 34.3 Å². The molecule has 1 aliphatic carbocycles. The Morgan fingerprint density at radius 2 is 1.79 bits per heavy atom. The highest BCUT2D eigenvalue weighted by Crippen LogP contribution is 2.28. The molecule has 0 unspecified atom stereocenters. The summed E-state index contributed by atoms with van der Waals surface area (Å²) in [6, 6.07) is 14.0. The minimum absolute atomic E-state index is 0.165. The standard InChI is InChI=1S/C26H33FN4O2S/c1-19-2-7-23(8-3-19)30-12-14-31(15-13-30)26(34)18-33-24-9-4-21(5-10-24)28-22-6-11-25(29-32)20(16-22)17-27/h2-3,6-8,11,16,21,24,28H,4-5,9-10,12-15,17-18H2,1H3. The van der Waals surface area contributed by atoms with Crippen molar-refractivity contribution < 1.29 is 9.13 Å². The van der Waals surface area contributed by atoms with Crippen LogP contribution in [0.2, 0.25) is 0 Å². The molecule has 1 saturated carbocycles. The van der Waals surface area contributed by atoms with Crippen molar-refractivity contribution in [3.05, 3.63) is 58.5 Å². The monoisotopic (exact) mass is 484 g/mol. The average molecular weight is 485 g/mol. The fourth-order valence-electron chi connectivity index (χ4n) is 4.73. The number of piperazine rings is 1. The number of aryl methyl sites for hydroxylation is 1. The Balaban J connectivity index is 1.16. The average Bonchev–Trinajstić information content (AvgIpc) is 2.88. The number of thiocarbonyl (C=S) groups is 1. The van der Waals surface area contributed by atoms with E-state index in [9.17, 15) is 9.30 Å². The fourth-order valence-corrected chi connectivity index (χ4v) is 4.98. The molecule has 0 amide bonds. The number of nitroso groups, excluding NO2 is 1. The van der Waals surface area contributed by atoms with Gasteiger partial charge in [0.2, 0.25) is 0 Å². The van der Waals surface area contributed by atoms with Crippen LogP contribution in [-0.4, -0.2) is 54.8 Å². The summed E-state index contributed by atoms with van der Waals surface area (Å²) >= 11 is 5.68. The lowest BCUT2D eigenvalue weighted by atomic mass is 9.92. The van der Waals surface area contributed by atoms with Gasteiger partial charge in [-0.2, -0.15) is 0 Å². The van der Waals surface area contributed by atoms with Crippen LogP contribution in [0.1, 0.15) is 36.8 Å². The number of nitrogens with zero attached hydrogens (tertiary/aromatic N) is 3. The van der Waals surface area contributed by atoms with Crippen molar-refractivity contribution in [3.8, 4) is 0 Å². The van der Waals surface area contributed by atoms with Gasteiger partial charge in [-0.25, -0.2) is 4.39 Å². The molecule has 8 heteroatoms. The number of rotatable bonds is 8. The van der Waals surface area contributed by atoms with Gasteiger partial charge in [-0.05, 0) is 68.1 Å². The Labute approximate surface area is 206 Å². The molecule has 0 radical (unpaired) electrons. The maximum atomic E-state index is 13.1. The van der Waals surface area contributed by atoms with Crippen LogP contribution in [0.4, 0.5) is 21.5 Å². The molecule has 0 bridgehead atoms. The fraction of sp³-hybridized carbons (Fsp3) is 0.500. The molecule has 2 fully saturated rings. The van der Waals surface area contributed by atoms with E-state index >= 15 is 0 Å². The van der Waals surface area contributed by atoms with E-state index in [0.29, 0.717) is 18.2 Å². The minimum Gasteiger partial charge on any atom is -0.382 e. The van der Waals surface area contributed by atoms with Gasteiger partial charge in [0.15, 0.2) is 0 Å². The molecule has 34 heavy (non-hydrogen) atoms. The Bertz CT molecular complexity index is 971. The maximum Gasteiger partial charge on any atom is 0.117 e. The van der Waals surface area contributed by atoms with Gasteiger partial charge in [0.1, 0.15) is 17.4 Å². The first-order chi connectivity index (χ1) is 16.6. The molecule has 1 heterocycles. The van der Waals surface area contributed by atoms with E-state index in [1.54, 1.807) is 18.2 Å². The Hall–Kier alpha value is -2.58. The first-order valence-electron chi connectivity index (χ1n) is 12.1. The van der Waals surface area contributed by atoms with Crippen LogP contribution in [0.5, 0.6) is 0 Å². The number of benzene rings is 2. The Morgan fingerprint density at radius 3 is 2.44 bits per heavy atom. The summed E-state index contributed by atoms with van der Waals surface area (Å²) < 4.78 is 19.3. The zero-order valence-corrected chi connectivity index (χ0v) is 20.5. The zero-order valence-electron chi connectivity index (χ0n) is 19.7. The topological polar surface area (TPSA) is 57.2 Å². The first-order valence-corrected chi connectivity index (χ1v) is 12.5. The quantitative estimate of drug-likeness (QED) is 0.380. The summed E-state index contributed by atoms with van der Waals surface area (Å²) in [5.74, 6) is 0. The molecular weight excluding hydrogens is 451 g/mol. The molecule has 2 aromatic rings. The van der Waals surface area contributed by atoms with Gasteiger partial charge in [0.25, 0.3) is 0 Å². The first kappa shape index (κ1) is 24.5. The van der Waals surface area contributed by atoms with Gasteiger partial charge < -0.3 is 19.9 Å². The van der Waals surface area contributed by atoms with Crippen LogP contribution < -0.4 is 10.2 Å². The van der Waals surface area contributed by atoms with Gasteiger partial charge in [0, 0.05) is 49.2 Å². The molecule has 2 aromatic carbocycles. The van der Waals surface area contributed by atoms with Crippen molar-refractivity contribution in [2.45, 2.75) is 51.4 Å². The third kappa shape index (κ3) is 6.30. The van der Waals surface area contributed by atoms with Crippen LogP contribution in [0.15, 0.2) is 47.6 Å². The van der Waals surface area contributed by atoms with Gasteiger partial charge >= 0.3 is 0 Å². The predicted octanol–water partition coefficient (Wildman–Crippen LogP) is 5.75. The molecule has 1 N–H and O–H groups in total. The van der Waals surface area contributed by atoms with Crippen molar-refractivity contribution in [3.63, 3.8) is 0 Å². The molecular formula is C26H33FN4O2S. The Kier molecular flexibility index (Phi) is 8.45. The van der Waals surface area contributed by atoms with Gasteiger partial charge in [-0.15, -0.1) is 4.91 Å². The normalized spacial score (nSPS) is 20.8. The van der Waals surface area contributed by atoms with Crippen molar-refractivity contribution in [1.82, 2.24) is 4.90 Å². The molecule has 0 atom stereocenters. The number of ether oxygens (including phenoxy) is 1. The number of alkyl halides is 1. The second-order valence-corrected chi connectivity index (χ2v) is 9.67. The molecule has 182 valence electrons. The largest absolute Gasteiger partial charge is 0.382 e. The van der Waals surface area contributed by atoms with E-state index in [0.717, 1.165) is 62.5 Å². The molecule has 0 aromatic heterocycles. The van der Waals surface area contributed by atoms with Crippen molar-refractivity contribution in [1.29, 1.82) is 0 Å². The van der Waals surface area contributed by atoms with Crippen molar-refractivity contribution in [2.75, 3.05) is 43.0 Å². The molecule has 4 rings (SSSR count). The predicted molar refractivity (Wildman–Crippen MR) is 140 cm³/mol. The van der Waals surface area contributed by atoms with E-state index in [1.807, 2.05) is 0 Å². The van der Waals surface area contributed by atoms with Crippen molar-refractivity contribution in [2.24, 2.45) is 5.18 Å². The van der Waals surface area contributed by atoms with E-state index in [2.05, 4.69) is 51.5 Å². The van der Waals surface area contributed by atoms with E-state index in [4.69, 9.17) is 17.0 Å². The highest BCUT2D eigenvalue weighted by molar-refractivity contribution is 7.80. The van der Waals surface area contributed by atoms with E-state index in [-0.39, 0.29) is 11.8 Å². The third-order valence-corrected chi connectivity index (χ3v) is 7.22. The lowest BCUT2D eigenvalue weighted by Crippen LogP contribution is -2.49. The summed E-state index contributed by atoms with van der Waals surface area (Å²) in [4.78, 5) is 16.3. The van der Waals surface area contributed by atoms with Gasteiger partial charge in [-0.1, -0.05) is 29.9 Å². The maximum absolute atomic E-state index is 13.1. The Morgan fingerprint density at radius 1 is 1.09 bits per heavy atom. The molecule has 1 aliphatic heterocycles. The number of nitrogens with one attached hydrogen (secondary N) is 1. The smallest absolute Gasteiger partial charge is 0.117 e. The molecule has 1 saturated heterocycles. The highest BCUT2D eigenvalue weighted by atomic mass is 32.1. The van der Waals surface area contributed by atoms with Crippen LogP contribution in [0.25, 0.3) is 0 Å². The number of halogens is 1. The summed E-state index contributed by atoms with van der Waals surface area (Å²) in [5.41, 5.74) is 3.87. The summed E-state index contributed by atoms with van der Waals surface area (Å²) in [6.07, 6.45) is 4.10. The van der Waals surface area contributed by atoms with Crippen LogP contribution in [0, 0.1) is 11.8 Å². The van der Waals surface area contributed by atoms with Gasteiger partial charge in [0.05, 0.1) is 12.7 Å². The third-order valence-electron chi connectivity index (χ3n) is 6.84. The number of anilines is 2. The molecule has 6 nitrogen and oxygen atoms in total. The number of hydrogen-bond donors (Lipinski definition) is 1. The summed E-state index contributed by atoms with van der Waals surface area (Å²) in [5, 5.41) is 6.34. The molecule has 2 aliphatic rings. The lowest BCUT2D eigenvalue weighted by molar-refractivity contribution is 0.0473. The second-order valence-electron chi connectivity index (χ2n) is 9.20. The second kappa shape index (κ2) is 11.7. The summed E-state index contributed by atoms with van der Waals surface area (Å²) in [6.45, 7) is 5.69. The van der Waals surface area contributed by atoms with E-state index < -0.39 is 6.67 Å². The SMILES string of the molecule is Cc1ccc(N2CCN(C(=S)COC3CCC(Nc4ccc(N=O)c(CF)c4)CC3)CC2)cc1. The zero-order chi connectivity index (χ0) is 23.9. The van der Waals surface area contributed by atoms with Crippen LogP contribution in [-0.2, 0) is 11.4 Å². The van der Waals surface area contributed by atoms with Gasteiger partial charge in [-0.3, -0.25) is 0 Å². The van der Waals surface area contributed by atoms with Crippen LogP contribution >= 0.6 is 12.2 Å². The highest BCUT2D eigenvalue weighted by Gasteiger charge is 2.24.